The minimum atomic E-state index is -0.481. The number of halogens is 1. The van der Waals surface area contributed by atoms with Crippen molar-refractivity contribution < 1.29 is 23.9 Å². The van der Waals surface area contributed by atoms with Gasteiger partial charge in [-0.15, -0.1) is 0 Å². The van der Waals surface area contributed by atoms with Gasteiger partial charge in [-0.1, -0.05) is 54.1 Å². The quantitative estimate of drug-likeness (QED) is 0.309. The molecule has 0 unspecified atom stereocenters. The summed E-state index contributed by atoms with van der Waals surface area (Å²) in [5.41, 5.74) is 5.18. The molecule has 3 amide bonds. The molecular weight excluding hydrogens is 580 g/mol. The lowest BCUT2D eigenvalue weighted by Gasteiger charge is -2.29. The van der Waals surface area contributed by atoms with Crippen LogP contribution in [0.1, 0.15) is 27.8 Å². The molecule has 0 aliphatic carbocycles. The molecule has 0 radical (unpaired) electrons. The molecule has 0 N–H and O–H groups in total. The van der Waals surface area contributed by atoms with Crippen LogP contribution >= 0.6 is 27.7 Å². The fourth-order valence-corrected chi connectivity index (χ4v) is 5.95. The summed E-state index contributed by atoms with van der Waals surface area (Å²) < 4.78 is 12.2. The fraction of sp³-hybridized carbons (Fsp3) is 0.233. The van der Waals surface area contributed by atoms with E-state index < -0.39 is 11.1 Å². The zero-order valence-corrected chi connectivity index (χ0v) is 24.0. The number of amides is 3. The van der Waals surface area contributed by atoms with Crippen LogP contribution in [0.5, 0.6) is 11.5 Å². The molecule has 9 heteroatoms. The van der Waals surface area contributed by atoms with Crippen molar-refractivity contribution in [2.24, 2.45) is 0 Å². The van der Waals surface area contributed by atoms with Crippen LogP contribution in [-0.4, -0.2) is 47.1 Å². The molecule has 2 aliphatic rings. The zero-order valence-electron chi connectivity index (χ0n) is 21.6. The predicted octanol–water partition coefficient (Wildman–Crippen LogP) is 5.97. The Balaban J connectivity index is 1.27. The predicted molar refractivity (Wildman–Crippen MR) is 154 cm³/mol. The van der Waals surface area contributed by atoms with Gasteiger partial charge in [0.2, 0.25) is 5.91 Å². The zero-order chi connectivity index (χ0) is 27.5. The number of ether oxygens (including phenoxy) is 2. The highest BCUT2D eigenvalue weighted by Gasteiger charge is 2.37. The molecular formula is C30H27BrN2O5S. The summed E-state index contributed by atoms with van der Waals surface area (Å²) in [6.07, 6.45) is 2.38. The number of methoxy groups -OCH3 is 1. The Bertz CT molecular complexity index is 1470. The van der Waals surface area contributed by atoms with Crippen LogP contribution in [0.2, 0.25) is 0 Å². The monoisotopic (exact) mass is 606 g/mol. The standard InChI is InChI=1S/C30H27BrN2O5S/c1-19-7-9-20(10-8-19)18-38-28-24(31)13-21(14-25(28)37-2)15-26-29(35)33(30(36)39-26)17-27(34)32-12-11-22-5-3-4-6-23(22)16-32/h3-10,13-15H,11-12,16-18H2,1-2H3/b26-15-. The molecule has 3 aromatic carbocycles. The first-order valence-electron chi connectivity index (χ1n) is 12.5. The van der Waals surface area contributed by atoms with Gasteiger partial charge < -0.3 is 14.4 Å². The average molecular weight is 608 g/mol. The van der Waals surface area contributed by atoms with E-state index in [0.717, 1.165) is 34.2 Å². The number of fused-ring (bicyclic) bond motifs is 1. The number of aryl methyl sites for hydroxylation is 1. The Morgan fingerprint density at radius 1 is 1.08 bits per heavy atom. The van der Waals surface area contributed by atoms with Crippen molar-refractivity contribution in [3.63, 3.8) is 0 Å². The maximum atomic E-state index is 13.1. The number of nitrogens with zero attached hydrogens (tertiary/aromatic N) is 2. The number of rotatable bonds is 7. The summed E-state index contributed by atoms with van der Waals surface area (Å²) in [5, 5.41) is -0.457. The second-order valence-electron chi connectivity index (χ2n) is 9.41. The van der Waals surface area contributed by atoms with Gasteiger partial charge in [-0.3, -0.25) is 19.3 Å². The van der Waals surface area contributed by atoms with Crippen molar-refractivity contribution in [1.82, 2.24) is 9.80 Å². The fourth-order valence-electron chi connectivity index (χ4n) is 4.53. The molecule has 0 aromatic heterocycles. The lowest BCUT2D eigenvalue weighted by atomic mass is 10.00. The van der Waals surface area contributed by atoms with Crippen LogP contribution in [0.3, 0.4) is 0 Å². The van der Waals surface area contributed by atoms with Crippen LogP contribution in [0.4, 0.5) is 4.79 Å². The molecule has 5 rings (SSSR count). The number of imide groups is 1. The smallest absolute Gasteiger partial charge is 0.294 e. The molecule has 39 heavy (non-hydrogen) atoms. The summed E-state index contributed by atoms with van der Waals surface area (Å²) in [6.45, 7) is 3.16. The minimum absolute atomic E-state index is 0.243. The minimum Gasteiger partial charge on any atom is -0.493 e. The van der Waals surface area contributed by atoms with E-state index in [4.69, 9.17) is 9.47 Å². The largest absolute Gasteiger partial charge is 0.493 e. The first-order chi connectivity index (χ1) is 18.8. The molecule has 0 atom stereocenters. The normalized spacial score (nSPS) is 16.0. The molecule has 7 nitrogen and oxygen atoms in total. The first-order valence-corrected chi connectivity index (χ1v) is 14.1. The molecule has 0 bridgehead atoms. The van der Waals surface area contributed by atoms with Crippen molar-refractivity contribution in [3.05, 3.63) is 97.9 Å². The van der Waals surface area contributed by atoms with Gasteiger partial charge in [0.15, 0.2) is 11.5 Å². The highest BCUT2D eigenvalue weighted by molar-refractivity contribution is 9.10. The van der Waals surface area contributed by atoms with Crippen LogP contribution in [0.25, 0.3) is 6.08 Å². The third-order valence-electron chi connectivity index (χ3n) is 6.70. The van der Waals surface area contributed by atoms with Crippen molar-refractivity contribution >= 4 is 50.8 Å². The van der Waals surface area contributed by atoms with Gasteiger partial charge >= 0.3 is 0 Å². The van der Waals surface area contributed by atoms with E-state index in [1.807, 2.05) is 49.4 Å². The molecule has 0 spiro atoms. The van der Waals surface area contributed by atoms with Crippen molar-refractivity contribution in [3.8, 4) is 11.5 Å². The van der Waals surface area contributed by atoms with E-state index >= 15 is 0 Å². The summed E-state index contributed by atoms with van der Waals surface area (Å²) in [6, 6.07) is 19.6. The topological polar surface area (TPSA) is 76.2 Å². The third-order valence-corrected chi connectivity index (χ3v) is 8.20. The second kappa shape index (κ2) is 11.7. The maximum Gasteiger partial charge on any atom is 0.294 e. The summed E-state index contributed by atoms with van der Waals surface area (Å²) in [5.74, 6) is 0.303. The van der Waals surface area contributed by atoms with Crippen molar-refractivity contribution in [2.75, 3.05) is 20.2 Å². The van der Waals surface area contributed by atoms with E-state index in [1.54, 1.807) is 30.2 Å². The summed E-state index contributed by atoms with van der Waals surface area (Å²) in [4.78, 5) is 41.7. The van der Waals surface area contributed by atoms with Crippen molar-refractivity contribution in [2.45, 2.75) is 26.5 Å². The number of hydrogen-bond acceptors (Lipinski definition) is 6. The molecule has 1 fully saturated rings. The van der Waals surface area contributed by atoms with E-state index in [0.29, 0.717) is 41.2 Å². The van der Waals surface area contributed by atoms with Crippen LogP contribution in [-0.2, 0) is 29.2 Å². The number of carbonyl (C=O) groups excluding carboxylic acids is 3. The van der Waals surface area contributed by atoms with Gasteiger partial charge in [-0.05, 0) is 81.5 Å². The molecule has 200 valence electrons. The lowest BCUT2D eigenvalue weighted by molar-refractivity contribution is -0.136. The molecule has 3 aromatic rings. The average Bonchev–Trinajstić information content (AvgIpc) is 3.19. The van der Waals surface area contributed by atoms with Gasteiger partial charge in [0.25, 0.3) is 11.1 Å². The molecule has 0 saturated carbocycles. The van der Waals surface area contributed by atoms with Gasteiger partial charge in [0.1, 0.15) is 13.2 Å². The summed E-state index contributed by atoms with van der Waals surface area (Å²) >= 11 is 4.37. The van der Waals surface area contributed by atoms with E-state index in [9.17, 15) is 14.4 Å². The van der Waals surface area contributed by atoms with Gasteiger partial charge in [-0.25, -0.2) is 0 Å². The van der Waals surface area contributed by atoms with Gasteiger partial charge in [0, 0.05) is 13.1 Å². The Labute approximate surface area is 239 Å². The van der Waals surface area contributed by atoms with E-state index in [2.05, 4.69) is 22.0 Å². The number of carbonyl (C=O) groups is 3. The van der Waals surface area contributed by atoms with Crippen molar-refractivity contribution in [1.29, 1.82) is 0 Å². The van der Waals surface area contributed by atoms with Crippen LogP contribution in [0.15, 0.2) is 70.0 Å². The Kier molecular flexibility index (Phi) is 8.09. The third kappa shape index (κ3) is 6.04. The SMILES string of the molecule is COc1cc(/C=C2\SC(=O)N(CC(=O)N3CCc4ccccc4C3)C2=O)cc(Br)c1OCc1ccc(C)cc1. The number of thioether (sulfide) groups is 1. The Morgan fingerprint density at radius 3 is 2.56 bits per heavy atom. The number of hydrogen-bond donors (Lipinski definition) is 0. The molecule has 2 aliphatic heterocycles. The lowest BCUT2D eigenvalue weighted by Crippen LogP contribution is -2.44. The Morgan fingerprint density at radius 2 is 1.82 bits per heavy atom. The maximum absolute atomic E-state index is 13.1. The van der Waals surface area contributed by atoms with Crippen LogP contribution in [0, 0.1) is 6.92 Å². The number of benzene rings is 3. The van der Waals surface area contributed by atoms with Gasteiger partial charge in [0.05, 0.1) is 16.5 Å². The van der Waals surface area contributed by atoms with Gasteiger partial charge in [-0.2, -0.15) is 0 Å². The second-order valence-corrected chi connectivity index (χ2v) is 11.3. The Hall–Kier alpha value is -3.56. The molecule has 2 heterocycles. The molecule has 1 saturated heterocycles. The first kappa shape index (κ1) is 27.0. The van der Waals surface area contributed by atoms with E-state index in [1.165, 1.54) is 11.1 Å². The summed E-state index contributed by atoms with van der Waals surface area (Å²) in [7, 11) is 1.54. The van der Waals surface area contributed by atoms with Crippen LogP contribution < -0.4 is 9.47 Å². The van der Waals surface area contributed by atoms with E-state index in [-0.39, 0.29) is 17.4 Å². The highest BCUT2D eigenvalue weighted by Crippen LogP contribution is 2.39. The highest BCUT2D eigenvalue weighted by atomic mass is 79.9.